The molecule has 3 N–H and O–H groups in total. The van der Waals surface area contributed by atoms with Crippen molar-refractivity contribution in [1.29, 1.82) is 0 Å². The third-order valence-electron chi connectivity index (χ3n) is 5.66. The fourth-order valence-electron chi connectivity index (χ4n) is 3.58. The number of alkyl halides is 6. The van der Waals surface area contributed by atoms with Gasteiger partial charge in [0.1, 0.15) is 6.04 Å². The molecule has 1 aliphatic rings. The van der Waals surface area contributed by atoms with Gasteiger partial charge in [-0.1, -0.05) is 13.8 Å². The number of urea groups is 1. The van der Waals surface area contributed by atoms with Gasteiger partial charge in [-0.25, -0.2) is 14.3 Å². The molecule has 0 spiro atoms. The van der Waals surface area contributed by atoms with Gasteiger partial charge in [0, 0.05) is 18.7 Å². The van der Waals surface area contributed by atoms with Gasteiger partial charge in [0.2, 0.25) is 0 Å². The number of nitrogens with one attached hydrogen (secondary N) is 1. The molecule has 0 bridgehead atoms. The van der Waals surface area contributed by atoms with Gasteiger partial charge in [0.05, 0.1) is 42.7 Å². The molecule has 1 aliphatic heterocycles. The summed E-state index contributed by atoms with van der Waals surface area (Å²) < 4.78 is 85.2. The van der Waals surface area contributed by atoms with E-state index in [-0.39, 0.29) is 17.9 Å². The fourth-order valence-corrected chi connectivity index (χ4v) is 3.58. The Morgan fingerprint density at radius 1 is 1.27 bits per heavy atom. The van der Waals surface area contributed by atoms with Gasteiger partial charge in [-0.3, -0.25) is 0 Å². The van der Waals surface area contributed by atoms with Gasteiger partial charge in [0.25, 0.3) is 0 Å². The molecule has 0 aromatic carbocycles. The van der Waals surface area contributed by atoms with Crippen molar-refractivity contribution in [3.05, 3.63) is 29.7 Å². The largest absolute Gasteiger partial charge is 0.410 e. The summed E-state index contributed by atoms with van der Waals surface area (Å²) in [6.45, 7) is 1.37. The lowest BCUT2D eigenvalue weighted by Crippen LogP contribution is -2.40. The van der Waals surface area contributed by atoms with Crippen molar-refractivity contribution < 1.29 is 35.9 Å². The van der Waals surface area contributed by atoms with E-state index in [2.05, 4.69) is 10.1 Å². The third-order valence-corrected chi connectivity index (χ3v) is 5.66. The quantitative estimate of drug-likeness (QED) is 0.590. The Labute approximate surface area is 185 Å². The second-order valence-corrected chi connectivity index (χ2v) is 8.62. The summed E-state index contributed by atoms with van der Waals surface area (Å²) in [5.41, 5.74) is 4.68. The third kappa shape index (κ3) is 5.16. The highest BCUT2D eigenvalue weighted by Gasteiger charge is 2.49. The number of carbonyl (C=O) groups is 1. The maximum atomic E-state index is 13.2. The minimum Gasteiger partial charge on any atom is -0.382 e. The average molecular weight is 482 g/mol. The molecule has 3 rings (SSSR count). The number of aromatic nitrogens is 3. The van der Waals surface area contributed by atoms with Crippen LogP contribution < -0.4 is 11.1 Å². The second-order valence-electron chi connectivity index (χ2n) is 8.62. The van der Waals surface area contributed by atoms with Gasteiger partial charge < -0.3 is 20.7 Å². The standard InChI is InChI=1S/C19H24F6N6O2/c1-17(2,19(23,24)25)5-11(26)12-7-31-15(28-12)4-10(6-27-31)13(9-33-3)30-8-14(18(20,21)22)29-16(30)32/h4,6-7,11,13-14H,5,8-9,26H2,1-3H3,(H,29,32)/t11-,13+,14?/m0/s1. The van der Waals surface area contributed by atoms with Crippen LogP contribution in [-0.4, -0.2) is 64.2 Å². The van der Waals surface area contributed by atoms with E-state index in [4.69, 9.17) is 10.5 Å². The number of carbonyl (C=O) groups excluding carboxylic acids is 1. The number of nitrogens with two attached hydrogens (primary N) is 1. The fraction of sp³-hybridized carbons (Fsp3) is 0.632. The number of amides is 2. The van der Waals surface area contributed by atoms with E-state index in [1.54, 1.807) is 0 Å². The summed E-state index contributed by atoms with van der Waals surface area (Å²) in [6.07, 6.45) is -6.74. The Balaban J connectivity index is 1.87. The average Bonchev–Trinajstić information content (AvgIpc) is 3.27. The van der Waals surface area contributed by atoms with E-state index >= 15 is 0 Å². The Hall–Kier alpha value is -2.61. The maximum absolute atomic E-state index is 13.2. The summed E-state index contributed by atoms with van der Waals surface area (Å²) in [6, 6.07) is -3.36. The van der Waals surface area contributed by atoms with Crippen LogP contribution in [0.4, 0.5) is 31.1 Å². The Bertz CT molecular complexity index is 1000. The van der Waals surface area contributed by atoms with E-state index in [0.717, 1.165) is 18.7 Å². The molecule has 0 aliphatic carbocycles. The van der Waals surface area contributed by atoms with Crippen molar-refractivity contribution >= 4 is 11.7 Å². The number of rotatable bonds is 7. The first kappa shape index (κ1) is 25.0. The van der Waals surface area contributed by atoms with Gasteiger partial charge in [-0.05, 0) is 12.5 Å². The van der Waals surface area contributed by atoms with Crippen LogP contribution in [0.1, 0.15) is 43.6 Å². The molecule has 3 atom stereocenters. The van der Waals surface area contributed by atoms with Crippen molar-refractivity contribution in [1.82, 2.24) is 24.8 Å². The van der Waals surface area contributed by atoms with Gasteiger partial charge >= 0.3 is 18.4 Å². The van der Waals surface area contributed by atoms with Crippen molar-refractivity contribution in [2.24, 2.45) is 11.1 Å². The van der Waals surface area contributed by atoms with E-state index in [1.807, 2.05) is 5.32 Å². The highest BCUT2D eigenvalue weighted by Crippen LogP contribution is 2.43. The van der Waals surface area contributed by atoms with Gasteiger partial charge in [0.15, 0.2) is 5.65 Å². The highest BCUT2D eigenvalue weighted by molar-refractivity contribution is 5.77. The molecule has 2 amide bonds. The Morgan fingerprint density at radius 3 is 2.48 bits per heavy atom. The topological polar surface area (TPSA) is 97.8 Å². The SMILES string of the molecule is COC[C@H](c1cnn2cc([C@@H](N)CC(C)(C)C(F)(F)F)nc2c1)N1CC(C(F)(F)F)NC1=O. The summed E-state index contributed by atoms with van der Waals surface area (Å²) in [4.78, 5) is 17.4. The lowest BCUT2D eigenvalue weighted by Gasteiger charge is -2.29. The summed E-state index contributed by atoms with van der Waals surface area (Å²) in [5.74, 6) is 0. The predicted octanol–water partition coefficient (Wildman–Crippen LogP) is 3.35. The molecule has 2 aromatic rings. The first-order valence-electron chi connectivity index (χ1n) is 9.94. The van der Waals surface area contributed by atoms with E-state index in [9.17, 15) is 31.1 Å². The maximum Gasteiger partial charge on any atom is 0.410 e. The molecule has 1 fully saturated rings. The van der Waals surface area contributed by atoms with E-state index < -0.39 is 54.9 Å². The van der Waals surface area contributed by atoms with Gasteiger partial charge in [-0.15, -0.1) is 0 Å². The van der Waals surface area contributed by atoms with Crippen LogP contribution in [0.5, 0.6) is 0 Å². The normalized spacial score (nSPS) is 19.8. The number of hydrogen-bond acceptors (Lipinski definition) is 5. The zero-order valence-electron chi connectivity index (χ0n) is 18.0. The number of fused-ring (bicyclic) bond motifs is 1. The van der Waals surface area contributed by atoms with Crippen LogP contribution in [0.2, 0.25) is 0 Å². The van der Waals surface area contributed by atoms with Crippen LogP contribution in [-0.2, 0) is 4.74 Å². The number of imidazole rings is 1. The van der Waals surface area contributed by atoms with Crippen LogP contribution in [0, 0.1) is 5.41 Å². The summed E-state index contributed by atoms with van der Waals surface area (Å²) in [5, 5.41) is 6.04. The van der Waals surface area contributed by atoms with Crippen LogP contribution in [0.25, 0.3) is 5.65 Å². The van der Waals surface area contributed by atoms with Crippen molar-refractivity contribution in [3.8, 4) is 0 Å². The lowest BCUT2D eigenvalue weighted by molar-refractivity contribution is -0.215. The monoisotopic (exact) mass is 482 g/mol. The van der Waals surface area contributed by atoms with Crippen molar-refractivity contribution in [2.45, 2.75) is 50.7 Å². The molecule has 0 radical (unpaired) electrons. The number of methoxy groups -OCH3 is 1. The van der Waals surface area contributed by atoms with E-state index in [1.165, 1.54) is 30.1 Å². The van der Waals surface area contributed by atoms with Crippen LogP contribution >= 0.6 is 0 Å². The molecule has 0 saturated carbocycles. The number of nitrogens with zero attached hydrogens (tertiary/aromatic N) is 4. The highest BCUT2D eigenvalue weighted by atomic mass is 19.4. The first-order chi connectivity index (χ1) is 15.1. The predicted molar refractivity (Wildman–Crippen MR) is 104 cm³/mol. The zero-order valence-corrected chi connectivity index (χ0v) is 18.0. The molecule has 1 unspecified atom stereocenters. The molecule has 3 heterocycles. The van der Waals surface area contributed by atoms with Gasteiger partial charge in [-0.2, -0.15) is 31.4 Å². The molecule has 1 saturated heterocycles. The molecular weight excluding hydrogens is 458 g/mol. The molecule has 2 aromatic heterocycles. The Morgan fingerprint density at radius 2 is 1.94 bits per heavy atom. The summed E-state index contributed by atoms with van der Waals surface area (Å²) in [7, 11) is 1.34. The summed E-state index contributed by atoms with van der Waals surface area (Å²) >= 11 is 0. The number of halogens is 6. The molecule has 14 heteroatoms. The number of hydrogen-bond donors (Lipinski definition) is 2. The van der Waals surface area contributed by atoms with Crippen LogP contribution in [0.15, 0.2) is 18.5 Å². The van der Waals surface area contributed by atoms with E-state index in [0.29, 0.717) is 5.56 Å². The smallest absolute Gasteiger partial charge is 0.382 e. The molecule has 8 nitrogen and oxygen atoms in total. The lowest BCUT2D eigenvalue weighted by atomic mass is 9.84. The molecule has 184 valence electrons. The molecule has 33 heavy (non-hydrogen) atoms. The second kappa shape index (κ2) is 8.63. The Kier molecular flexibility index (Phi) is 6.54. The number of ether oxygens (including phenoxy) is 1. The zero-order chi connectivity index (χ0) is 24.8. The first-order valence-corrected chi connectivity index (χ1v) is 9.94. The minimum atomic E-state index is -4.61. The van der Waals surface area contributed by atoms with Crippen molar-refractivity contribution in [3.63, 3.8) is 0 Å². The van der Waals surface area contributed by atoms with Crippen molar-refractivity contribution in [2.75, 3.05) is 20.3 Å². The molecular formula is C19H24F6N6O2. The van der Waals surface area contributed by atoms with Crippen LogP contribution in [0.3, 0.4) is 0 Å². The minimum absolute atomic E-state index is 0.108.